The number of benzene rings is 1. The Morgan fingerprint density at radius 3 is 2.74 bits per heavy atom. The smallest absolute Gasteiger partial charge is 0.326 e. The lowest BCUT2D eigenvalue weighted by Gasteiger charge is -2.14. The van der Waals surface area contributed by atoms with E-state index in [1.54, 1.807) is 0 Å². The number of aliphatic carboxylic acids is 1. The molecule has 0 aliphatic rings. The van der Waals surface area contributed by atoms with Gasteiger partial charge in [-0.2, -0.15) is 11.8 Å². The Morgan fingerprint density at radius 2 is 2.21 bits per heavy atom. The van der Waals surface area contributed by atoms with Gasteiger partial charge in [0.05, 0.1) is 5.02 Å². The fourth-order valence-corrected chi connectivity index (χ4v) is 2.02. The van der Waals surface area contributed by atoms with Gasteiger partial charge in [0.1, 0.15) is 11.9 Å². The van der Waals surface area contributed by atoms with Crippen LogP contribution < -0.4 is 5.32 Å². The second kappa shape index (κ2) is 7.35. The van der Waals surface area contributed by atoms with Crippen LogP contribution in [0.15, 0.2) is 18.2 Å². The van der Waals surface area contributed by atoms with Crippen molar-refractivity contribution in [2.75, 3.05) is 12.0 Å². The minimum atomic E-state index is -1.10. The molecule has 0 aromatic heterocycles. The number of thioether (sulfide) groups is 1. The normalized spacial score (nSPS) is 11.9. The first-order chi connectivity index (χ1) is 8.95. The molecule has 0 unspecified atom stereocenters. The third-order valence-electron chi connectivity index (χ3n) is 2.40. The molecule has 0 saturated carbocycles. The number of carboxylic acid groups (broad SMARTS) is 1. The average molecular weight is 306 g/mol. The molecule has 0 spiro atoms. The number of carbonyl (C=O) groups is 2. The second-order valence-corrected chi connectivity index (χ2v) is 5.17. The van der Waals surface area contributed by atoms with Crippen molar-refractivity contribution in [2.45, 2.75) is 12.5 Å². The molecule has 4 nitrogen and oxygen atoms in total. The minimum absolute atomic E-state index is 0.127. The molecule has 0 aliphatic heterocycles. The van der Waals surface area contributed by atoms with Crippen LogP contribution in [0.5, 0.6) is 0 Å². The molecule has 0 saturated heterocycles. The lowest BCUT2D eigenvalue weighted by molar-refractivity contribution is -0.139. The minimum Gasteiger partial charge on any atom is -0.480 e. The summed E-state index contributed by atoms with van der Waals surface area (Å²) >= 11 is 7.06. The Labute approximate surface area is 119 Å². The van der Waals surface area contributed by atoms with Crippen LogP contribution in [-0.2, 0) is 4.79 Å². The number of hydrogen-bond donors (Lipinski definition) is 2. The molecular weight excluding hydrogens is 293 g/mol. The fraction of sp³-hybridized carbons (Fsp3) is 0.333. The Kier molecular flexibility index (Phi) is 6.11. The monoisotopic (exact) mass is 305 g/mol. The van der Waals surface area contributed by atoms with Crippen molar-refractivity contribution in [1.82, 2.24) is 5.32 Å². The molecule has 1 aromatic carbocycles. The van der Waals surface area contributed by atoms with E-state index in [9.17, 15) is 14.0 Å². The van der Waals surface area contributed by atoms with Crippen molar-refractivity contribution >= 4 is 35.2 Å². The number of nitrogens with one attached hydrogen (secondary N) is 1. The van der Waals surface area contributed by atoms with Crippen LogP contribution in [0.2, 0.25) is 5.02 Å². The van der Waals surface area contributed by atoms with Gasteiger partial charge in [-0.1, -0.05) is 11.6 Å². The molecule has 2 N–H and O–H groups in total. The average Bonchev–Trinajstić information content (AvgIpc) is 2.37. The van der Waals surface area contributed by atoms with Gasteiger partial charge in [0.2, 0.25) is 0 Å². The largest absolute Gasteiger partial charge is 0.480 e. The van der Waals surface area contributed by atoms with E-state index in [-0.39, 0.29) is 10.6 Å². The molecule has 0 aliphatic carbocycles. The zero-order valence-corrected chi connectivity index (χ0v) is 11.7. The van der Waals surface area contributed by atoms with Gasteiger partial charge in [-0.25, -0.2) is 9.18 Å². The van der Waals surface area contributed by atoms with Gasteiger partial charge in [0, 0.05) is 5.56 Å². The lowest BCUT2D eigenvalue weighted by atomic mass is 10.1. The molecular formula is C12H13ClFNO3S. The summed E-state index contributed by atoms with van der Waals surface area (Å²) in [5.41, 5.74) is 0.127. The zero-order valence-electron chi connectivity index (χ0n) is 10.2. The molecule has 0 fully saturated rings. The molecule has 1 aromatic rings. The highest BCUT2D eigenvalue weighted by Crippen LogP contribution is 2.16. The molecule has 104 valence electrons. The summed E-state index contributed by atoms with van der Waals surface area (Å²) in [7, 11) is 0. The Bertz CT molecular complexity index is 484. The van der Waals surface area contributed by atoms with E-state index in [4.69, 9.17) is 16.7 Å². The SMILES string of the molecule is CSCC[C@H](NC(=O)c1ccc(F)c(Cl)c1)C(=O)O. The molecule has 1 amide bonds. The summed E-state index contributed by atoms with van der Waals surface area (Å²) in [5, 5.41) is 11.2. The van der Waals surface area contributed by atoms with E-state index in [1.165, 1.54) is 23.9 Å². The van der Waals surface area contributed by atoms with Crippen molar-refractivity contribution in [3.63, 3.8) is 0 Å². The maximum atomic E-state index is 13.0. The van der Waals surface area contributed by atoms with Crippen molar-refractivity contribution in [3.8, 4) is 0 Å². The molecule has 7 heteroatoms. The third-order valence-corrected chi connectivity index (χ3v) is 3.33. The topological polar surface area (TPSA) is 66.4 Å². The summed E-state index contributed by atoms with van der Waals surface area (Å²) in [6.07, 6.45) is 2.16. The van der Waals surface area contributed by atoms with Crippen molar-refractivity contribution in [3.05, 3.63) is 34.6 Å². The molecule has 1 rings (SSSR count). The van der Waals surface area contributed by atoms with Crippen LogP contribution in [0, 0.1) is 5.82 Å². The van der Waals surface area contributed by atoms with Crippen LogP contribution in [0.3, 0.4) is 0 Å². The zero-order chi connectivity index (χ0) is 14.4. The van der Waals surface area contributed by atoms with Gasteiger partial charge in [0.15, 0.2) is 0 Å². The van der Waals surface area contributed by atoms with E-state index >= 15 is 0 Å². The highest BCUT2D eigenvalue weighted by Gasteiger charge is 2.20. The molecule has 19 heavy (non-hydrogen) atoms. The van der Waals surface area contributed by atoms with Crippen molar-refractivity contribution in [2.24, 2.45) is 0 Å². The van der Waals surface area contributed by atoms with Crippen LogP contribution >= 0.6 is 23.4 Å². The van der Waals surface area contributed by atoms with E-state index < -0.39 is 23.7 Å². The molecule has 0 radical (unpaired) electrons. The second-order valence-electron chi connectivity index (χ2n) is 3.77. The number of amides is 1. The Morgan fingerprint density at radius 1 is 1.53 bits per heavy atom. The predicted octanol–water partition coefficient (Wildman–Crippen LogP) is 2.42. The predicted molar refractivity (Wildman–Crippen MR) is 73.3 cm³/mol. The standard InChI is InChI=1S/C12H13ClFNO3S/c1-19-5-4-10(12(17)18)15-11(16)7-2-3-9(14)8(13)6-7/h2-3,6,10H,4-5H2,1H3,(H,15,16)(H,17,18)/t10-/m0/s1. The maximum absolute atomic E-state index is 13.0. The van der Waals surface area contributed by atoms with Gasteiger partial charge in [-0.15, -0.1) is 0 Å². The summed E-state index contributed by atoms with van der Waals surface area (Å²) in [6, 6.07) is 2.52. The first kappa shape index (κ1) is 15.8. The van der Waals surface area contributed by atoms with Crippen LogP contribution in [-0.4, -0.2) is 35.0 Å². The van der Waals surface area contributed by atoms with Gasteiger partial charge < -0.3 is 10.4 Å². The number of hydrogen-bond acceptors (Lipinski definition) is 3. The van der Waals surface area contributed by atoms with E-state index in [0.717, 1.165) is 6.07 Å². The summed E-state index contributed by atoms with van der Waals surface area (Å²) in [6.45, 7) is 0. The molecule has 1 atom stereocenters. The van der Waals surface area contributed by atoms with Crippen molar-refractivity contribution in [1.29, 1.82) is 0 Å². The van der Waals surface area contributed by atoms with Crippen LogP contribution in [0.25, 0.3) is 0 Å². The summed E-state index contributed by atoms with van der Waals surface area (Å²) < 4.78 is 13.0. The van der Waals surface area contributed by atoms with Gasteiger partial charge >= 0.3 is 5.97 Å². The van der Waals surface area contributed by atoms with E-state index in [2.05, 4.69) is 5.32 Å². The highest BCUT2D eigenvalue weighted by molar-refractivity contribution is 7.98. The molecule has 0 bridgehead atoms. The number of rotatable bonds is 6. The molecule has 0 heterocycles. The van der Waals surface area contributed by atoms with Gasteiger partial charge in [0.25, 0.3) is 5.91 Å². The van der Waals surface area contributed by atoms with E-state index in [1.807, 2.05) is 6.26 Å². The van der Waals surface area contributed by atoms with E-state index in [0.29, 0.717) is 12.2 Å². The van der Waals surface area contributed by atoms with Crippen molar-refractivity contribution < 1.29 is 19.1 Å². The third kappa shape index (κ3) is 4.72. The maximum Gasteiger partial charge on any atom is 0.326 e. The lowest BCUT2D eigenvalue weighted by Crippen LogP contribution is -2.41. The fourth-order valence-electron chi connectivity index (χ4n) is 1.37. The first-order valence-corrected chi connectivity index (χ1v) is 7.20. The van der Waals surface area contributed by atoms with Crippen LogP contribution in [0.4, 0.5) is 4.39 Å². The summed E-state index contributed by atoms with van der Waals surface area (Å²) in [4.78, 5) is 22.8. The first-order valence-electron chi connectivity index (χ1n) is 5.43. The van der Waals surface area contributed by atoms with Gasteiger partial charge in [-0.05, 0) is 36.6 Å². The summed E-state index contributed by atoms with van der Waals surface area (Å²) in [5.74, 6) is -1.71. The number of carbonyl (C=O) groups excluding carboxylic acids is 1. The van der Waals surface area contributed by atoms with Crippen LogP contribution in [0.1, 0.15) is 16.8 Å². The highest BCUT2D eigenvalue weighted by atomic mass is 35.5. The number of carboxylic acids is 1. The number of halogens is 2. The Hall–Kier alpha value is -1.27. The van der Waals surface area contributed by atoms with Gasteiger partial charge in [-0.3, -0.25) is 4.79 Å². The quantitative estimate of drug-likeness (QED) is 0.847. The Balaban J connectivity index is 2.75.